The maximum atomic E-state index is 4.08. The van der Waals surface area contributed by atoms with Crippen LogP contribution in [0.15, 0.2) is 0 Å². The molecule has 0 spiro atoms. The van der Waals surface area contributed by atoms with Crippen LogP contribution in [0.4, 0.5) is 0 Å². The highest BCUT2D eigenvalue weighted by Crippen LogP contribution is 2.32. The van der Waals surface area contributed by atoms with Crippen LogP contribution in [0.5, 0.6) is 0 Å². The van der Waals surface area contributed by atoms with Gasteiger partial charge in [0.25, 0.3) is 0 Å². The second-order valence-electron chi connectivity index (χ2n) is 7.19. The SMILES string of the molecule is CC(C)C1CCCCC1NC1CCCCCC1C. The van der Waals surface area contributed by atoms with Crippen LogP contribution in [0.3, 0.4) is 0 Å². The van der Waals surface area contributed by atoms with E-state index in [1.165, 1.54) is 57.8 Å². The molecule has 4 atom stereocenters. The second kappa shape index (κ2) is 6.93. The summed E-state index contributed by atoms with van der Waals surface area (Å²) in [5, 5.41) is 4.08. The highest BCUT2D eigenvalue weighted by molar-refractivity contribution is 4.87. The molecule has 1 nitrogen and oxygen atoms in total. The van der Waals surface area contributed by atoms with Crippen molar-refractivity contribution in [3.8, 4) is 0 Å². The van der Waals surface area contributed by atoms with Crippen molar-refractivity contribution in [2.24, 2.45) is 17.8 Å². The van der Waals surface area contributed by atoms with Gasteiger partial charge in [0.15, 0.2) is 0 Å². The Hall–Kier alpha value is -0.0400. The van der Waals surface area contributed by atoms with Crippen LogP contribution in [0.1, 0.15) is 78.6 Å². The third-order valence-electron chi connectivity index (χ3n) is 5.47. The average Bonchev–Trinajstić information content (AvgIpc) is 2.55. The van der Waals surface area contributed by atoms with E-state index in [-0.39, 0.29) is 0 Å². The van der Waals surface area contributed by atoms with Gasteiger partial charge in [-0.3, -0.25) is 0 Å². The molecule has 18 heavy (non-hydrogen) atoms. The molecular formula is C17H33N. The van der Waals surface area contributed by atoms with Crippen LogP contribution in [0, 0.1) is 17.8 Å². The molecule has 1 N–H and O–H groups in total. The molecule has 0 amide bonds. The fourth-order valence-corrected chi connectivity index (χ4v) is 4.18. The molecule has 2 aliphatic rings. The van der Waals surface area contributed by atoms with E-state index in [1.807, 2.05) is 0 Å². The lowest BCUT2D eigenvalue weighted by molar-refractivity contribution is 0.175. The molecule has 0 heterocycles. The van der Waals surface area contributed by atoms with Gasteiger partial charge in [-0.05, 0) is 43.4 Å². The highest BCUT2D eigenvalue weighted by atomic mass is 15.0. The zero-order valence-electron chi connectivity index (χ0n) is 12.8. The quantitative estimate of drug-likeness (QED) is 0.713. The molecule has 2 rings (SSSR count). The minimum atomic E-state index is 0.803. The van der Waals surface area contributed by atoms with Crippen molar-refractivity contribution in [3.63, 3.8) is 0 Å². The van der Waals surface area contributed by atoms with Gasteiger partial charge in [0, 0.05) is 12.1 Å². The Kier molecular flexibility index (Phi) is 5.54. The molecular weight excluding hydrogens is 218 g/mol. The number of hydrogen-bond donors (Lipinski definition) is 1. The van der Waals surface area contributed by atoms with E-state index in [0.717, 1.165) is 29.8 Å². The summed E-state index contributed by atoms with van der Waals surface area (Å²) in [4.78, 5) is 0. The maximum absolute atomic E-state index is 4.08. The van der Waals surface area contributed by atoms with Crippen molar-refractivity contribution in [3.05, 3.63) is 0 Å². The van der Waals surface area contributed by atoms with Gasteiger partial charge in [0.2, 0.25) is 0 Å². The van der Waals surface area contributed by atoms with Gasteiger partial charge in [-0.25, -0.2) is 0 Å². The third-order valence-corrected chi connectivity index (χ3v) is 5.47. The Labute approximate surface area is 114 Å². The van der Waals surface area contributed by atoms with Crippen molar-refractivity contribution >= 4 is 0 Å². The lowest BCUT2D eigenvalue weighted by Gasteiger charge is -2.38. The predicted octanol–water partition coefficient (Wildman–Crippen LogP) is 4.76. The van der Waals surface area contributed by atoms with E-state index in [4.69, 9.17) is 0 Å². The van der Waals surface area contributed by atoms with Gasteiger partial charge in [0.05, 0.1) is 0 Å². The normalized spacial score (nSPS) is 38.7. The van der Waals surface area contributed by atoms with Crippen LogP contribution in [-0.2, 0) is 0 Å². The van der Waals surface area contributed by atoms with E-state index < -0.39 is 0 Å². The van der Waals surface area contributed by atoms with E-state index in [0.29, 0.717) is 0 Å². The van der Waals surface area contributed by atoms with E-state index in [1.54, 1.807) is 0 Å². The zero-order valence-corrected chi connectivity index (χ0v) is 12.8. The standard InChI is InChI=1S/C17H33N/c1-13(2)15-10-7-8-12-17(15)18-16-11-6-4-5-9-14(16)3/h13-18H,4-12H2,1-3H3. The first kappa shape index (κ1) is 14.4. The molecule has 2 fully saturated rings. The van der Waals surface area contributed by atoms with Crippen LogP contribution < -0.4 is 5.32 Å². The summed E-state index contributed by atoms with van der Waals surface area (Å²) in [7, 11) is 0. The largest absolute Gasteiger partial charge is 0.311 e. The summed E-state index contributed by atoms with van der Waals surface area (Å²) in [6, 6.07) is 1.61. The lowest BCUT2D eigenvalue weighted by atomic mass is 9.77. The molecule has 0 aromatic rings. The van der Waals surface area contributed by atoms with Gasteiger partial charge < -0.3 is 5.32 Å². The Balaban J connectivity index is 1.92. The monoisotopic (exact) mass is 251 g/mol. The van der Waals surface area contributed by atoms with Crippen LogP contribution in [-0.4, -0.2) is 12.1 Å². The Morgan fingerprint density at radius 2 is 1.39 bits per heavy atom. The smallest absolute Gasteiger partial charge is 0.0100 e. The van der Waals surface area contributed by atoms with Crippen molar-refractivity contribution in [1.29, 1.82) is 0 Å². The summed E-state index contributed by atoms with van der Waals surface area (Å²) in [5.41, 5.74) is 0. The summed E-state index contributed by atoms with van der Waals surface area (Å²) < 4.78 is 0. The Bertz CT molecular complexity index is 236. The van der Waals surface area contributed by atoms with Crippen molar-refractivity contribution in [2.75, 3.05) is 0 Å². The van der Waals surface area contributed by atoms with Crippen LogP contribution in [0.2, 0.25) is 0 Å². The average molecular weight is 251 g/mol. The molecule has 2 saturated carbocycles. The molecule has 1 heteroatoms. The van der Waals surface area contributed by atoms with E-state index >= 15 is 0 Å². The van der Waals surface area contributed by atoms with E-state index in [9.17, 15) is 0 Å². The van der Waals surface area contributed by atoms with Crippen LogP contribution >= 0.6 is 0 Å². The summed E-state index contributed by atoms with van der Waals surface area (Å²) in [6.07, 6.45) is 13.0. The first-order chi connectivity index (χ1) is 8.68. The molecule has 0 bridgehead atoms. The molecule has 4 unspecified atom stereocenters. The minimum absolute atomic E-state index is 0.803. The fraction of sp³-hybridized carbons (Fsp3) is 1.00. The molecule has 0 saturated heterocycles. The van der Waals surface area contributed by atoms with Gasteiger partial charge in [-0.15, -0.1) is 0 Å². The van der Waals surface area contributed by atoms with Gasteiger partial charge >= 0.3 is 0 Å². The second-order valence-corrected chi connectivity index (χ2v) is 7.19. The molecule has 0 aromatic heterocycles. The highest BCUT2D eigenvalue weighted by Gasteiger charge is 2.30. The Morgan fingerprint density at radius 3 is 2.17 bits per heavy atom. The van der Waals surface area contributed by atoms with Crippen LogP contribution in [0.25, 0.3) is 0 Å². The zero-order chi connectivity index (χ0) is 13.0. The summed E-state index contributed by atoms with van der Waals surface area (Å²) in [5.74, 6) is 2.67. The maximum Gasteiger partial charge on any atom is 0.0100 e. The van der Waals surface area contributed by atoms with E-state index in [2.05, 4.69) is 26.1 Å². The molecule has 2 aliphatic carbocycles. The van der Waals surface area contributed by atoms with Gasteiger partial charge in [0.1, 0.15) is 0 Å². The minimum Gasteiger partial charge on any atom is -0.311 e. The van der Waals surface area contributed by atoms with Gasteiger partial charge in [-0.1, -0.05) is 52.9 Å². The topological polar surface area (TPSA) is 12.0 Å². The van der Waals surface area contributed by atoms with Crippen molar-refractivity contribution < 1.29 is 0 Å². The van der Waals surface area contributed by atoms with Gasteiger partial charge in [-0.2, -0.15) is 0 Å². The first-order valence-electron chi connectivity index (χ1n) is 8.44. The number of nitrogens with one attached hydrogen (secondary N) is 1. The van der Waals surface area contributed by atoms with Crippen molar-refractivity contribution in [1.82, 2.24) is 5.32 Å². The molecule has 0 aliphatic heterocycles. The molecule has 106 valence electrons. The predicted molar refractivity (Wildman–Crippen MR) is 79.8 cm³/mol. The molecule has 0 radical (unpaired) electrons. The summed E-state index contributed by atoms with van der Waals surface area (Å²) in [6.45, 7) is 7.30. The third kappa shape index (κ3) is 3.73. The summed E-state index contributed by atoms with van der Waals surface area (Å²) >= 11 is 0. The fourth-order valence-electron chi connectivity index (χ4n) is 4.18. The first-order valence-corrected chi connectivity index (χ1v) is 8.44. The number of hydrogen-bond acceptors (Lipinski definition) is 1. The molecule has 0 aromatic carbocycles. The van der Waals surface area contributed by atoms with Crippen molar-refractivity contribution in [2.45, 2.75) is 90.6 Å². The number of rotatable bonds is 3. The Morgan fingerprint density at radius 1 is 0.778 bits per heavy atom. The lowest BCUT2D eigenvalue weighted by Crippen LogP contribution is -2.48.